The summed E-state index contributed by atoms with van der Waals surface area (Å²) in [4.78, 5) is 17.5. The van der Waals surface area contributed by atoms with Gasteiger partial charge in [-0.15, -0.1) is 0 Å². The van der Waals surface area contributed by atoms with Crippen LogP contribution < -0.4 is 5.73 Å². The lowest BCUT2D eigenvalue weighted by molar-refractivity contribution is -0.134. The van der Waals surface area contributed by atoms with Gasteiger partial charge in [-0.2, -0.15) is 5.10 Å². The molecule has 0 aliphatic rings. The molecule has 0 fully saturated rings. The number of aromatic nitrogens is 3. The van der Waals surface area contributed by atoms with E-state index in [9.17, 15) is 4.79 Å². The lowest BCUT2D eigenvalue weighted by Crippen LogP contribution is -2.49. The van der Waals surface area contributed by atoms with Gasteiger partial charge < -0.3 is 10.6 Å². The number of amides is 1. The van der Waals surface area contributed by atoms with Gasteiger partial charge in [-0.05, 0) is 5.41 Å². The molecule has 0 radical (unpaired) electrons. The van der Waals surface area contributed by atoms with Gasteiger partial charge in [-0.3, -0.25) is 9.89 Å². The Bertz CT molecular complexity index is 341. The molecule has 6 heteroatoms. The van der Waals surface area contributed by atoms with Gasteiger partial charge in [0, 0.05) is 7.05 Å². The summed E-state index contributed by atoms with van der Waals surface area (Å²) in [6.07, 6.45) is 1.41. The van der Waals surface area contributed by atoms with Crippen molar-refractivity contribution >= 4 is 5.91 Å². The Labute approximate surface area is 95.2 Å². The van der Waals surface area contributed by atoms with Crippen LogP contribution in [0.25, 0.3) is 0 Å². The van der Waals surface area contributed by atoms with Gasteiger partial charge in [0.25, 0.3) is 0 Å². The van der Waals surface area contributed by atoms with Crippen LogP contribution in [0.5, 0.6) is 0 Å². The van der Waals surface area contributed by atoms with Crippen molar-refractivity contribution in [1.82, 2.24) is 20.1 Å². The summed E-state index contributed by atoms with van der Waals surface area (Å²) < 4.78 is 0. The summed E-state index contributed by atoms with van der Waals surface area (Å²) in [6.45, 7) is 6.22. The first kappa shape index (κ1) is 12.6. The minimum absolute atomic E-state index is 0.0936. The predicted molar refractivity (Wildman–Crippen MR) is 60.3 cm³/mol. The summed E-state index contributed by atoms with van der Waals surface area (Å²) in [5.74, 6) is 0.556. The SMILES string of the molecule is CN(Cc1ncn[nH]1)C(=O)[C@H](N)C(C)(C)C. The minimum Gasteiger partial charge on any atom is -0.337 e. The second-order valence-corrected chi connectivity index (χ2v) is 4.97. The van der Waals surface area contributed by atoms with Gasteiger partial charge in [0.05, 0.1) is 12.6 Å². The Balaban J connectivity index is 2.61. The second kappa shape index (κ2) is 4.61. The molecule has 0 aliphatic heterocycles. The molecule has 1 aromatic heterocycles. The molecule has 0 aliphatic carbocycles. The predicted octanol–water partition coefficient (Wildman–Crippen LogP) is 0.136. The first-order chi connectivity index (χ1) is 7.32. The third kappa shape index (κ3) is 3.03. The van der Waals surface area contributed by atoms with Crippen LogP contribution in [0, 0.1) is 5.41 Å². The highest BCUT2D eigenvalue weighted by Gasteiger charge is 2.29. The van der Waals surface area contributed by atoms with E-state index in [0.29, 0.717) is 12.4 Å². The highest BCUT2D eigenvalue weighted by Crippen LogP contribution is 2.18. The maximum absolute atomic E-state index is 12.0. The molecule has 0 saturated carbocycles. The quantitative estimate of drug-likeness (QED) is 0.765. The summed E-state index contributed by atoms with van der Waals surface area (Å²) in [7, 11) is 1.70. The molecule has 1 rings (SSSR count). The van der Waals surface area contributed by atoms with Crippen LogP contribution in [0.2, 0.25) is 0 Å². The van der Waals surface area contributed by atoms with E-state index in [1.54, 1.807) is 11.9 Å². The van der Waals surface area contributed by atoms with Crippen LogP contribution in [0.15, 0.2) is 6.33 Å². The molecule has 0 unspecified atom stereocenters. The average molecular weight is 225 g/mol. The molecule has 0 aromatic carbocycles. The van der Waals surface area contributed by atoms with Gasteiger partial charge in [0.2, 0.25) is 5.91 Å². The van der Waals surface area contributed by atoms with Gasteiger partial charge in [-0.25, -0.2) is 4.98 Å². The van der Waals surface area contributed by atoms with Crippen molar-refractivity contribution in [2.24, 2.45) is 11.1 Å². The van der Waals surface area contributed by atoms with E-state index in [4.69, 9.17) is 5.73 Å². The standard InChI is InChI=1S/C10H19N5O/c1-10(2,3)8(11)9(16)15(4)5-7-12-6-13-14-7/h6,8H,5,11H2,1-4H3,(H,12,13,14)/t8-/m0/s1. The lowest BCUT2D eigenvalue weighted by atomic mass is 9.86. The van der Waals surface area contributed by atoms with Gasteiger partial charge in [0.1, 0.15) is 12.2 Å². The number of aromatic amines is 1. The molecule has 6 nitrogen and oxygen atoms in total. The Kier molecular flexibility index (Phi) is 3.64. The topological polar surface area (TPSA) is 87.9 Å². The molecule has 0 saturated heterocycles. The maximum atomic E-state index is 12.0. The van der Waals surface area contributed by atoms with Crippen molar-refractivity contribution in [3.05, 3.63) is 12.2 Å². The summed E-state index contributed by atoms with van der Waals surface area (Å²) in [5, 5.41) is 6.43. The molecular weight excluding hydrogens is 206 g/mol. The average Bonchev–Trinajstić information content (AvgIpc) is 2.66. The molecule has 0 spiro atoms. The number of hydrogen-bond acceptors (Lipinski definition) is 4. The third-order valence-electron chi connectivity index (χ3n) is 2.43. The molecule has 1 aromatic rings. The Morgan fingerprint density at radius 3 is 2.69 bits per heavy atom. The van der Waals surface area contributed by atoms with Crippen LogP contribution in [0.3, 0.4) is 0 Å². The van der Waals surface area contributed by atoms with Crippen molar-refractivity contribution in [3.8, 4) is 0 Å². The van der Waals surface area contributed by atoms with Gasteiger partial charge in [0.15, 0.2) is 0 Å². The number of nitrogens with two attached hydrogens (primary N) is 1. The molecule has 1 heterocycles. The molecule has 0 bridgehead atoms. The highest BCUT2D eigenvalue weighted by atomic mass is 16.2. The largest absolute Gasteiger partial charge is 0.337 e. The van der Waals surface area contributed by atoms with Crippen molar-refractivity contribution in [2.45, 2.75) is 33.4 Å². The fourth-order valence-corrected chi connectivity index (χ4v) is 1.22. The van der Waals surface area contributed by atoms with E-state index in [2.05, 4.69) is 15.2 Å². The number of nitrogens with zero attached hydrogens (tertiary/aromatic N) is 3. The number of rotatable bonds is 3. The first-order valence-corrected chi connectivity index (χ1v) is 5.17. The first-order valence-electron chi connectivity index (χ1n) is 5.17. The Morgan fingerprint density at radius 1 is 1.62 bits per heavy atom. The smallest absolute Gasteiger partial charge is 0.240 e. The molecule has 3 N–H and O–H groups in total. The van der Waals surface area contributed by atoms with Crippen LogP contribution in [-0.4, -0.2) is 39.1 Å². The summed E-state index contributed by atoms with van der Waals surface area (Å²) >= 11 is 0. The van der Waals surface area contributed by atoms with E-state index in [1.165, 1.54) is 6.33 Å². The van der Waals surface area contributed by atoms with Crippen LogP contribution in [0.4, 0.5) is 0 Å². The van der Waals surface area contributed by atoms with Crippen molar-refractivity contribution in [3.63, 3.8) is 0 Å². The number of H-pyrrole nitrogens is 1. The van der Waals surface area contributed by atoms with E-state index in [1.807, 2.05) is 20.8 Å². The number of carbonyl (C=O) groups is 1. The number of carbonyl (C=O) groups excluding carboxylic acids is 1. The number of nitrogens with one attached hydrogen (secondary N) is 1. The zero-order valence-electron chi connectivity index (χ0n) is 10.2. The fraction of sp³-hybridized carbons (Fsp3) is 0.700. The monoisotopic (exact) mass is 225 g/mol. The van der Waals surface area contributed by atoms with Gasteiger partial charge in [-0.1, -0.05) is 20.8 Å². The third-order valence-corrected chi connectivity index (χ3v) is 2.43. The lowest BCUT2D eigenvalue weighted by Gasteiger charge is -2.29. The highest BCUT2D eigenvalue weighted by molar-refractivity contribution is 5.82. The summed E-state index contributed by atoms with van der Waals surface area (Å²) in [5.41, 5.74) is 5.64. The maximum Gasteiger partial charge on any atom is 0.240 e. The number of hydrogen-bond donors (Lipinski definition) is 2. The van der Waals surface area contributed by atoms with E-state index >= 15 is 0 Å². The van der Waals surface area contributed by atoms with Crippen molar-refractivity contribution < 1.29 is 4.79 Å². The molecule has 16 heavy (non-hydrogen) atoms. The number of likely N-dealkylation sites (N-methyl/N-ethyl adjacent to an activating group) is 1. The zero-order valence-corrected chi connectivity index (χ0v) is 10.2. The second-order valence-electron chi connectivity index (χ2n) is 4.97. The van der Waals surface area contributed by atoms with Crippen LogP contribution in [0.1, 0.15) is 26.6 Å². The normalized spacial score (nSPS) is 13.6. The summed E-state index contributed by atoms with van der Waals surface area (Å²) in [6, 6.07) is -0.513. The van der Waals surface area contributed by atoms with Crippen molar-refractivity contribution in [2.75, 3.05) is 7.05 Å². The molecule has 90 valence electrons. The molecular formula is C10H19N5O. The Hall–Kier alpha value is -1.43. The zero-order chi connectivity index (χ0) is 12.3. The van der Waals surface area contributed by atoms with E-state index in [-0.39, 0.29) is 11.3 Å². The van der Waals surface area contributed by atoms with Crippen molar-refractivity contribution in [1.29, 1.82) is 0 Å². The molecule has 1 atom stereocenters. The van der Waals surface area contributed by atoms with E-state index in [0.717, 1.165) is 0 Å². The minimum atomic E-state index is -0.513. The Morgan fingerprint density at radius 2 is 2.25 bits per heavy atom. The van der Waals surface area contributed by atoms with Gasteiger partial charge >= 0.3 is 0 Å². The molecule has 1 amide bonds. The fourth-order valence-electron chi connectivity index (χ4n) is 1.22. The van der Waals surface area contributed by atoms with Crippen LogP contribution in [-0.2, 0) is 11.3 Å². The van der Waals surface area contributed by atoms with E-state index < -0.39 is 6.04 Å². The van der Waals surface area contributed by atoms with Crippen LogP contribution >= 0.6 is 0 Å².